The number of aliphatic carboxylic acids is 1. The third kappa shape index (κ3) is 1.51. The summed E-state index contributed by atoms with van der Waals surface area (Å²) < 4.78 is 1.20. The van der Waals surface area contributed by atoms with Gasteiger partial charge < -0.3 is 5.11 Å². The summed E-state index contributed by atoms with van der Waals surface area (Å²) in [6.07, 6.45) is 0.115. The van der Waals surface area contributed by atoms with Gasteiger partial charge in [0, 0.05) is 4.70 Å². The summed E-state index contributed by atoms with van der Waals surface area (Å²) in [4.78, 5) is 10.6. The number of benzene rings is 1. The molecule has 2 aromatic rings. The predicted octanol–water partition coefficient (Wildman–Crippen LogP) is 2.84. The van der Waals surface area contributed by atoms with Gasteiger partial charge in [0.2, 0.25) is 0 Å². The first-order valence-corrected chi connectivity index (χ1v) is 5.24. The van der Waals surface area contributed by atoms with Gasteiger partial charge in [-0.1, -0.05) is 18.2 Å². The van der Waals surface area contributed by atoms with E-state index in [0.717, 1.165) is 10.9 Å². The number of thiophene rings is 1. The van der Waals surface area contributed by atoms with Crippen molar-refractivity contribution in [1.82, 2.24) is 0 Å². The van der Waals surface area contributed by atoms with E-state index in [-0.39, 0.29) is 6.42 Å². The Labute approximate surface area is 85.8 Å². The molecule has 0 unspecified atom stereocenters. The maximum absolute atomic E-state index is 10.6. The van der Waals surface area contributed by atoms with Gasteiger partial charge in [0.05, 0.1) is 6.42 Å². The second kappa shape index (κ2) is 3.42. The molecule has 0 atom stereocenters. The average molecular weight is 206 g/mol. The minimum atomic E-state index is -0.772. The fourth-order valence-electron chi connectivity index (χ4n) is 1.56. The van der Waals surface area contributed by atoms with E-state index in [2.05, 4.69) is 0 Å². The van der Waals surface area contributed by atoms with Crippen LogP contribution < -0.4 is 0 Å². The van der Waals surface area contributed by atoms with Gasteiger partial charge in [-0.25, -0.2) is 0 Å². The Kier molecular flexibility index (Phi) is 2.25. The van der Waals surface area contributed by atoms with E-state index in [0.29, 0.717) is 0 Å². The second-order valence-corrected chi connectivity index (χ2v) is 4.16. The zero-order valence-electron chi connectivity index (χ0n) is 7.78. The van der Waals surface area contributed by atoms with Gasteiger partial charge in [0.15, 0.2) is 0 Å². The van der Waals surface area contributed by atoms with E-state index < -0.39 is 5.97 Å². The van der Waals surface area contributed by atoms with E-state index in [9.17, 15) is 4.79 Å². The van der Waals surface area contributed by atoms with Gasteiger partial charge in [0.1, 0.15) is 0 Å². The number of rotatable bonds is 2. The Hall–Kier alpha value is -1.35. The topological polar surface area (TPSA) is 37.3 Å². The van der Waals surface area contributed by atoms with E-state index in [1.165, 1.54) is 10.3 Å². The molecule has 0 aliphatic heterocycles. The average Bonchev–Trinajstić information content (AvgIpc) is 2.49. The molecule has 0 bridgehead atoms. The van der Waals surface area contributed by atoms with Gasteiger partial charge in [-0.15, -0.1) is 11.3 Å². The number of carbonyl (C=O) groups is 1. The third-order valence-corrected chi connectivity index (χ3v) is 3.40. The highest BCUT2D eigenvalue weighted by atomic mass is 32.1. The lowest BCUT2D eigenvalue weighted by Crippen LogP contribution is -1.98. The first-order valence-electron chi connectivity index (χ1n) is 4.36. The molecule has 0 saturated carbocycles. The lowest BCUT2D eigenvalue weighted by atomic mass is 10.1. The molecule has 1 heterocycles. The Morgan fingerprint density at radius 2 is 2.29 bits per heavy atom. The molecule has 0 fully saturated rings. The molecular weight excluding hydrogens is 196 g/mol. The maximum atomic E-state index is 10.6. The van der Waals surface area contributed by atoms with Gasteiger partial charge in [0.25, 0.3) is 0 Å². The Balaban J connectivity index is 2.58. The zero-order valence-corrected chi connectivity index (χ0v) is 8.60. The fraction of sp³-hybridized carbons (Fsp3) is 0.182. The van der Waals surface area contributed by atoms with Crippen molar-refractivity contribution in [3.63, 3.8) is 0 Å². The van der Waals surface area contributed by atoms with Crippen LogP contribution in [0, 0.1) is 6.92 Å². The molecule has 1 aromatic heterocycles. The van der Waals surface area contributed by atoms with E-state index in [1.807, 2.05) is 30.5 Å². The van der Waals surface area contributed by atoms with Crippen molar-refractivity contribution in [2.45, 2.75) is 13.3 Å². The molecule has 1 N–H and O–H groups in total. The summed E-state index contributed by atoms with van der Waals surface area (Å²) in [5.41, 5.74) is 2.13. The SMILES string of the molecule is Cc1cccc2c(CC(=O)O)csc12. The Morgan fingerprint density at radius 1 is 1.50 bits per heavy atom. The summed E-state index contributed by atoms with van der Waals surface area (Å²) in [7, 11) is 0. The summed E-state index contributed by atoms with van der Waals surface area (Å²) in [5.74, 6) is -0.772. The molecule has 0 spiro atoms. The molecule has 72 valence electrons. The molecule has 0 amide bonds. The standard InChI is InChI=1S/C11H10O2S/c1-7-3-2-4-9-8(5-10(12)13)6-14-11(7)9/h2-4,6H,5H2,1H3,(H,12,13). The highest BCUT2D eigenvalue weighted by molar-refractivity contribution is 7.17. The van der Waals surface area contributed by atoms with Gasteiger partial charge >= 0.3 is 5.97 Å². The Morgan fingerprint density at radius 3 is 3.00 bits per heavy atom. The highest BCUT2D eigenvalue weighted by Crippen LogP contribution is 2.28. The number of carboxylic acids is 1. The Bertz CT molecular complexity index is 485. The van der Waals surface area contributed by atoms with Crippen molar-refractivity contribution in [1.29, 1.82) is 0 Å². The van der Waals surface area contributed by atoms with Crippen molar-refractivity contribution in [2.75, 3.05) is 0 Å². The first kappa shape index (κ1) is 9.21. The van der Waals surface area contributed by atoms with Crippen molar-refractivity contribution in [3.8, 4) is 0 Å². The number of hydrogen-bond donors (Lipinski definition) is 1. The molecule has 14 heavy (non-hydrogen) atoms. The minimum absolute atomic E-state index is 0.115. The van der Waals surface area contributed by atoms with Crippen molar-refractivity contribution in [3.05, 3.63) is 34.7 Å². The molecule has 2 rings (SSSR count). The van der Waals surface area contributed by atoms with Crippen molar-refractivity contribution < 1.29 is 9.90 Å². The van der Waals surface area contributed by atoms with Crippen LogP contribution in [0.1, 0.15) is 11.1 Å². The van der Waals surface area contributed by atoms with Crippen LogP contribution in [0.3, 0.4) is 0 Å². The van der Waals surface area contributed by atoms with Crippen LogP contribution >= 0.6 is 11.3 Å². The minimum Gasteiger partial charge on any atom is -0.481 e. The predicted molar refractivity (Wildman–Crippen MR) is 57.9 cm³/mol. The van der Waals surface area contributed by atoms with Gasteiger partial charge in [-0.05, 0) is 28.8 Å². The van der Waals surface area contributed by atoms with Crippen LogP contribution in [0.4, 0.5) is 0 Å². The molecule has 0 saturated heterocycles. The van der Waals surface area contributed by atoms with Crippen LogP contribution in [-0.2, 0) is 11.2 Å². The molecule has 0 aliphatic rings. The largest absolute Gasteiger partial charge is 0.481 e. The van der Waals surface area contributed by atoms with Crippen LogP contribution in [0.2, 0.25) is 0 Å². The number of hydrogen-bond acceptors (Lipinski definition) is 2. The number of carboxylic acid groups (broad SMARTS) is 1. The summed E-state index contributed by atoms with van der Waals surface area (Å²) >= 11 is 1.62. The van der Waals surface area contributed by atoms with Crippen LogP contribution in [0.25, 0.3) is 10.1 Å². The molecule has 0 radical (unpaired) electrons. The molecule has 0 aliphatic carbocycles. The fourth-order valence-corrected chi connectivity index (χ4v) is 2.61. The first-order chi connectivity index (χ1) is 6.68. The van der Waals surface area contributed by atoms with Crippen molar-refractivity contribution in [2.24, 2.45) is 0 Å². The normalized spacial score (nSPS) is 10.6. The molecule has 3 heteroatoms. The lowest BCUT2D eigenvalue weighted by Gasteiger charge is -1.96. The monoisotopic (exact) mass is 206 g/mol. The summed E-state index contributed by atoms with van der Waals surface area (Å²) in [5, 5.41) is 11.7. The van der Waals surface area contributed by atoms with Crippen LogP contribution in [-0.4, -0.2) is 11.1 Å². The van der Waals surface area contributed by atoms with E-state index in [4.69, 9.17) is 5.11 Å². The summed E-state index contributed by atoms with van der Waals surface area (Å²) in [6.45, 7) is 2.05. The highest BCUT2D eigenvalue weighted by Gasteiger charge is 2.08. The number of fused-ring (bicyclic) bond motifs is 1. The van der Waals surface area contributed by atoms with Crippen LogP contribution in [0.15, 0.2) is 23.6 Å². The molecular formula is C11H10O2S. The van der Waals surface area contributed by atoms with Crippen molar-refractivity contribution >= 4 is 27.4 Å². The van der Waals surface area contributed by atoms with E-state index in [1.54, 1.807) is 11.3 Å². The summed E-state index contributed by atoms with van der Waals surface area (Å²) in [6, 6.07) is 6.00. The maximum Gasteiger partial charge on any atom is 0.307 e. The van der Waals surface area contributed by atoms with Crippen LogP contribution in [0.5, 0.6) is 0 Å². The van der Waals surface area contributed by atoms with Gasteiger partial charge in [-0.3, -0.25) is 4.79 Å². The molecule has 2 nitrogen and oxygen atoms in total. The smallest absolute Gasteiger partial charge is 0.307 e. The second-order valence-electron chi connectivity index (χ2n) is 3.28. The number of aryl methyl sites for hydroxylation is 1. The molecule has 1 aromatic carbocycles. The zero-order chi connectivity index (χ0) is 10.1. The van der Waals surface area contributed by atoms with Gasteiger partial charge in [-0.2, -0.15) is 0 Å². The van der Waals surface area contributed by atoms with E-state index >= 15 is 0 Å². The third-order valence-electron chi connectivity index (χ3n) is 2.22. The lowest BCUT2D eigenvalue weighted by molar-refractivity contribution is -0.136. The quantitative estimate of drug-likeness (QED) is 0.820.